The number of ether oxygens (including phenoxy) is 3. The molecule has 1 atom stereocenters. The number of para-hydroxylation sites is 1. The zero-order valence-electron chi connectivity index (χ0n) is 16.5. The molecule has 0 radical (unpaired) electrons. The molecule has 2 aromatic heterocycles. The van der Waals surface area contributed by atoms with Crippen molar-refractivity contribution in [3.8, 4) is 11.5 Å². The number of nitrogens with zero attached hydrogens (tertiary/aromatic N) is 1. The van der Waals surface area contributed by atoms with Crippen molar-refractivity contribution in [1.82, 2.24) is 9.55 Å². The first-order valence-corrected chi connectivity index (χ1v) is 10.1. The van der Waals surface area contributed by atoms with E-state index in [2.05, 4.69) is 33.8 Å². The van der Waals surface area contributed by atoms with Crippen molar-refractivity contribution in [2.45, 2.75) is 19.4 Å². The topological polar surface area (TPSA) is 65.5 Å². The molecule has 0 saturated carbocycles. The first kappa shape index (κ1) is 17.2. The summed E-state index contributed by atoms with van der Waals surface area (Å²) in [7, 11) is 0. The first-order valence-electron chi connectivity index (χ1n) is 10.1. The first-order chi connectivity index (χ1) is 14.7. The number of carbonyl (C=O) groups excluding carboxylic acids is 1. The number of hydrogen-bond acceptors (Lipinski definition) is 4. The van der Waals surface area contributed by atoms with Gasteiger partial charge in [-0.15, -0.1) is 0 Å². The Balaban J connectivity index is 1.56. The molecule has 1 N–H and O–H groups in total. The lowest BCUT2D eigenvalue weighted by Gasteiger charge is -2.27. The van der Waals surface area contributed by atoms with E-state index < -0.39 is 0 Å². The third kappa shape index (κ3) is 2.46. The summed E-state index contributed by atoms with van der Waals surface area (Å²) in [6, 6.07) is 16.2. The maximum absolute atomic E-state index is 12.4. The summed E-state index contributed by atoms with van der Waals surface area (Å²) in [4.78, 5) is 16.0. The molecule has 2 aliphatic heterocycles. The molecule has 0 bridgehead atoms. The van der Waals surface area contributed by atoms with Crippen LogP contribution in [0.4, 0.5) is 0 Å². The van der Waals surface area contributed by atoms with Gasteiger partial charge in [0, 0.05) is 34.9 Å². The Labute approximate surface area is 173 Å². The molecule has 0 spiro atoms. The highest BCUT2D eigenvalue weighted by atomic mass is 16.7. The van der Waals surface area contributed by atoms with Gasteiger partial charge in [0.1, 0.15) is 0 Å². The Bertz CT molecular complexity index is 1300. The minimum Gasteiger partial charge on any atom is -0.462 e. The fraction of sp³-hybridized carbons (Fsp3) is 0.208. The Kier molecular flexibility index (Phi) is 3.68. The predicted molar refractivity (Wildman–Crippen MR) is 111 cm³/mol. The molecule has 4 aromatic rings. The molecular formula is C24H20N2O4. The van der Waals surface area contributed by atoms with E-state index in [9.17, 15) is 4.79 Å². The quantitative estimate of drug-likeness (QED) is 0.456. The zero-order valence-corrected chi connectivity index (χ0v) is 16.5. The van der Waals surface area contributed by atoms with Gasteiger partial charge in [-0.2, -0.15) is 0 Å². The number of rotatable bonds is 3. The van der Waals surface area contributed by atoms with E-state index in [4.69, 9.17) is 14.2 Å². The molecule has 0 amide bonds. The fourth-order valence-electron chi connectivity index (χ4n) is 4.61. The van der Waals surface area contributed by atoms with Crippen LogP contribution in [0.25, 0.3) is 10.9 Å². The molecule has 30 heavy (non-hydrogen) atoms. The van der Waals surface area contributed by atoms with Crippen LogP contribution in [0.15, 0.2) is 54.7 Å². The summed E-state index contributed by atoms with van der Waals surface area (Å²) in [5, 5.41) is 1.21. The van der Waals surface area contributed by atoms with Crippen molar-refractivity contribution in [3.63, 3.8) is 0 Å². The molecule has 6 nitrogen and oxygen atoms in total. The van der Waals surface area contributed by atoms with E-state index in [0.717, 1.165) is 40.4 Å². The average Bonchev–Trinajstić information content (AvgIpc) is 3.48. The molecule has 6 rings (SSSR count). The Morgan fingerprint density at radius 1 is 1.17 bits per heavy atom. The summed E-state index contributed by atoms with van der Waals surface area (Å²) in [5.41, 5.74) is 6.23. The number of aromatic amines is 1. The molecule has 0 fully saturated rings. The van der Waals surface area contributed by atoms with Crippen LogP contribution in [0.3, 0.4) is 0 Å². The smallest absolute Gasteiger partial charge is 0.339 e. The fourth-order valence-corrected chi connectivity index (χ4v) is 4.61. The van der Waals surface area contributed by atoms with E-state index in [-0.39, 0.29) is 18.8 Å². The summed E-state index contributed by atoms with van der Waals surface area (Å²) >= 11 is 0. The molecule has 4 heterocycles. The van der Waals surface area contributed by atoms with Gasteiger partial charge < -0.3 is 23.8 Å². The van der Waals surface area contributed by atoms with Crippen LogP contribution in [0.5, 0.6) is 11.5 Å². The number of aromatic nitrogens is 2. The molecule has 1 unspecified atom stereocenters. The van der Waals surface area contributed by atoms with E-state index >= 15 is 0 Å². The largest absolute Gasteiger partial charge is 0.462 e. The van der Waals surface area contributed by atoms with Crippen LogP contribution < -0.4 is 9.47 Å². The van der Waals surface area contributed by atoms with Crippen molar-refractivity contribution in [3.05, 3.63) is 82.8 Å². The summed E-state index contributed by atoms with van der Waals surface area (Å²) in [5.74, 6) is 1.21. The summed E-state index contributed by atoms with van der Waals surface area (Å²) in [6.45, 7) is 2.41. The van der Waals surface area contributed by atoms with Crippen LogP contribution in [0.1, 0.15) is 45.8 Å². The van der Waals surface area contributed by atoms with Crippen LogP contribution in [-0.4, -0.2) is 28.9 Å². The molecule has 6 heteroatoms. The van der Waals surface area contributed by atoms with Gasteiger partial charge in [0.15, 0.2) is 11.5 Å². The van der Waals surface area contributed by atoms with Crippen molar-refractivity contribution in [1.29, 1.82) is 0 Å². The molecule has 0 aliphatic carbocycles. The lowest BCUT2D eigenvalue weighted by molar-refractivity contribution is 0.0526. The second-order valence-electron chi connectivity index (χ2n) is 7.60. The number of H-pyrrole nitrogens is 1. The lowest BCUT2D eigenvalue weighted by atomic mass is 9.93. The molecule has 150 valence electrons. The molecule has 2 aromatic carbocycles. The normalized spacial score (nSPS) is 16.4. The monoisotopic (exact) mass is 400 g/mol. The van der Waals surface area contributed by atoms with Gasteiger partial charge in [-0.1, -0.05) is 24.3 Å². The number of nitrogens with one attached hydrogen (secondary N) is 1. The predicted octanol–water partition coefficient (Wildman–Crippen LogP) is 4.42. The third-order valence-electron chi connectivity index (χ3n) is 5.91. The number of esters is 1. The van der Waals surface area contributed by atoms with E-state index in [1.165, 1.54) is 10.9 Å². The second kappa shape index (κ2) is 6.42. The average molecular weight is 400 g/mol. The maximum atomic E-state index is 12.4. The number of benzene rings is 2. The number of carbonyl (C=O) groups is 1. The molecule has 0 saturated heterocycles. The highest BCUT2D eigenvalue weighted by molar-refractivity contribution is 5.90. The van der Waals surface area contributed by atoms with Crippen molar-refractivity contribution >= 4 is 16.9 Å². The minimum absolute atomic E-state index is 0.103. The molecular weight excluding hydrogens is 380 g/mol. The minimum atomic E-state index is -0.294. The van der Waals surface area contributed by atoms with Gasteiger partial charge in [-0.3, -0.25) is 0 Å². The Morgan fingerprint density at radius 3 is 2.93 bits per heavy atom. The van der Waals surface area contributed by atoms with E-state index in [1.807, 2.05) is 37.4 Å². The van der Waals surface area contributed by atoms with Crippen molar-refractivity contribution in [2.24, 2.45) is 0 Å². The SMILES string of the molecule is CCOC(=O)c1cc2n(c1)C(c1ccc3c(c1)OCO3)c1[nH]c3ccccc3c1C2. The number of hydrogen-bond donors (Lipinski definition) is 1. The van der Waals surface area contributed by atoms with Gasteiger partial charge in [0.2, 0.25) is 6.79 Å². The highest BCUT2D eigenvalue weighted by Crippen LogP contribution is 2.42. The lowest BCUT2D eigenvalue weighted by Crippen LogP contribution is -2.20. The second-order valence-corrected chi connectivity index (χ2v) is 7.60. The van der Waals surface area contributed by atoms with Gasteiger partial charge >= 0.3 is 5.97 Å². The van der Waals surface area contributed by atoms with Crippen LogP contribution in [0, 0.1) is 0 Å². The Morgan fingerprint density at radius 2 is 2.03 bits per heavy atom. The van der Waals surface area contributed by atoms with Gasteiger partial charge in [0.25, 0.3) is 0 Å². The van der Waals surface area contributed by atoms with E-state index in [1.54, 1.807) is 0 Å². The summed E-state index contributed by atoms with van der Waals surface area (Å²) in [6.07, 6.45) is 2.65. The van der Waals surface area contributed by atoms with Crippen molar-refractivity contribution < 1.29 is 19.0 Å². The van der Waals surface area contributed by atoms with Crippen LogP contribution in [-0.2, 0) is 11.2 Å². The molecule has 2 aliphatic rings. The standard InChI is InChI=1S/C24H20N2O4/c1-2-28-24(27)15-9-16-11-18-17-5-3-4-6-19(17)25-22(18)23(26(16)12-15)14-7-8-20-21(10-14)30-13-29-20/h3-10,12,23,25H,2,11,13H2,1H3. The third-order valence-corrected chi connectivity index (χ3v) is 5.91. The Hall–Kier alpha value is -3.67. The highest BCUT2D eigenvalue weighted by Gasteiger charge is 2.32. The van der Waals surface area contributed by atoms with Crippen LogP contribution in [0.2, 0.25) is 0 Å². The summed E-state index contributed by atoms with van der Waals surface area (Å²) < 4.78 is 18.5. The van der Waals surface area contributed by atoms with Crippen LogP contribution >= 0.6 is 0 Å². The van der Waals surface area contributed by atoms with Gasteiger partial charge in [-0.05, 0) is 42.3 Å². The van der Waals surface area contributed by atoms with Crippen molar-refractivity contribution in [2.75, 3.05) is 13.4 Å². The maximum Gasteiger partial charge on any atom is 0.339 e. The van der Waals surface area contributed by atoms with E-state index in [0.29, 0.717) is 12.2 Å². The number of fused-ring (bicyclic) bond motifs is 5. The van der Waals surface area contributed by atoms with Gasteiger partial charge in [-0.25, -0.2) is 4.79 Å². The van der Waals surface area contributed by atoms with Gasteiger partial charge in [0.05, 0.1) is 18.2 Å². The zero-order chi connectivity index (χ0) is 20.2.